The minimum Gasteiger partial charge on any atom is -0.502 e. The van der Waals surface area contributed by atoms with Gasteiger partial charge in [-0.1, -0.05) is 10.3 Å². The van der Waals surface area contributed by atoms with E-state index < -0.39 is 40.1 Å². The van der Waals surface area contributed by atoms with Crippen LogP contribution in [0.4, 0.5) is 51.0 Å². The van der Waals surface area contributed by atoms with Crippen LogP contribution in [0.15, 0.2) is 34.2 Å². The summed E-state index contributed by atoms with van der Waals surface area (Å²) in [6.45, 7) is 16.4. The number of anilines is 7. The fraction of sp³-hybridized carbons (Fsp3) is 0.667. The van der Waals surface area contributed by atoms with Crippen molar-refractivity contribution >= 4 is 101 Å². The molecule has 2 unspecified atom stereocenters. The van der Waals surface area contributed by atoms with Gasteiger partial charge in [-0.2, -0.15) is 34.6 Å². The lowest BCUT2D eigenvalue weighted by Gasteiger charge is -2.20. The number of hydrogen-bond donors (Lipinski definition) is 21. The van der Waals surface area contributed by atoms with Crippen LogP contribution in [0, 0.1) is 16.5 Å². The van der Waals surface area contributed by atoms with Gasteiger partial charge in [0.15, 0.2) is 18.2 Å². The monoisotopic (exact) mass is 1630 g/mol. The Morgan fingerprint density at radius 1 is 0.595 bits per heavy atom. The van der Waals surface area contributed by atoms with Crippen LogP contribution in [-0.2, 0) is 20.3 Å². The minimum absolute atomic E-state index is 0.125. The number of imide groups is 1. The maximum Gasteiger partial charge on any atom is 0.342 e. The summed E-state index contributed by atoms with van der Waals surface area (Å²) in [5.41, 5.74) is 0.925. The normalized spacial score (nSPS) is 12.8. The summed E-state index contributed by atoms with van der Waals surface area (Å²) < 4.78 is 28.9. The highest BCUT2D eigenvalue weighted by Crippen LogP contribution is 2.18. The molecule has 0 radical (unpaired) electrons. The Bertz CT molecular complexity index is 3740. The van der Waals surface area contributed by atoms with E-state index in [1.165, 1.54) is 11.2 Å². The van der Waals surface area contributed by atoms with E-state index in [9.17, 15) is 33.0 Å². The number of urea groups is 2. The van der Waals surface area contributed by atoms with Crippen molar-refractivity contribution in [3.63, 3.8) is 0 Å². The van der Waals surface area contributed by atoms with E-state index in [1.807, 2.05) is 135 Å². The average Bonchev–Trinajstić information content (AvgIpc) is 1.44. The van der Waals surface area contributed by atoms with E-state index in [2.05, 4.69) is 164 Å². The van der Waals surface area contributed by atoms with Crippen LogP contribution >= 0.6 is 24.4 Å². The molecule has 54 heteroatoms. The van der Waals surface area contributed by atoms with Crippen LogP contribution in [0.5, 0.6) is 5.75 Å². The predicted octanol–water partition coefficient (Wildman–Crippen LogP) is -6.80. The molecule has 1 saturated heterocycles. The summed E-state index contributed by atoms with van der Waals surface area (Å²) in [7, 11) is 33.4. The van der Waals surface area contributed by atoms with Crippen molar-refractivity contribution in [2.45, 2.75) is 13.1 Å². The van der Waals surface area contributed by atoms with E-state index in [0.29, 0.717) is 54.8 Å². The molecule has 21 N–H and O–H groups in total. The number of aromatic amines is 7. The van der Waals surface area contributed by atoms with Crippen molar-refractivity contribution in [2.24, 2.45) is 4.40 Å². The Hall–Kier alpha value is -10.1. The molecule has 7 aromatic rings. The number of aryl methyl sites for hydroxylation is 1. The average molecular weight is 1630 g/mol. The topological polar surface area (TPSA) is 613 Å². The molecule has 2 aliphatic heterocycles. The summed E-state index contributed by atoms with van der Waals surface area (Å²) in [6, 6.07) is -0.131. The maximum atomic E-state index is 11.4. The second-order valence-electron chi connectivity index (χ2n) is 23.3. The predicted molar refractivity (Wildman–Crippen MR) is 429 cm³/mol. The van der Waals surface area contributed by atoms with Gasteiger partial charge in [0.2, 0.25) is 34.5 Å². The van der Waals surface area contributed by atoms with Crippen LogP contribution in [0.25, 0.3) is 0 Å². The van der Waals surface area contributed by atoms with Gasteiger partial charge >= 0.3 is 39.9 Å². The number of H-pyrrole nitrogens is 7. The number of rotatable bonds is 35. The molecule has 9 rings (SSSR count). The maximum absolute atomic E-state index is 11.4. The van der Waals surface area contributed by atoms with Crippen LogP contribution in [0.3, 0.4) is 0 Å². The van der Waals surface area contributed by atoms with Crippen LogP contribution in [0.1, 0.15) is 5.82 Å². The smallest absolute Gasteiger partial charge is 0.342 e. The number of amides is 5. The molecule has 2 atom stereocenters. The molecule has 1 fully saturated rings. The highest BCUT2D eigenvalue weighted by molar-refractivity contribution is 7.79. The van der Waals surface area contributed by atoms with Crippen molar-refractivity contribution in [3.8, 4) is 5.75 Å². The van der Waals surface area contributed by atoms with Gasteiger partial charge < -0.3 is 107 Å². The third-order valence-electron chi connectivity index (χ3n) is 14.5. The van der Waals surface area contributed by atoms with Gasteiger partial charge in [-0.3, -0.25) is 50.2 Å². The molecular weight excluding hydrogens is 1520 g/mol. The summed E-state index contributed by atoms with van der Waals surface area (Å²) in [5.74, 6) is 3.58. The number of guanidine groups is 1. The Morgan fingerprint density at radius 3 is 1.55 bits per heavy atom. The van der Waals surface area contributed by atoms with Gasteiger partial charge in [0.25, 0.3) is 22.7 Å². The zero-order valence-electron chi connectivity index (χ0n) is 66.6. The van der Waals surface area contributed by atoms with Gasteiger partial charge in [-0.25, -0.2) is 29.2 Å². The van der Waals surface area contributed by atoms with Gasteiger partial charge in [0, 0.05) is 174 Å². The molecule has 5 amide bonds. The lowest BCUT2D eigenvalue weighted by molar-refractivity contribution is -0.123. The first kappa shape index (κ1) is 98.9. The number of carbonyl (C=O) groups excluding carboxylic acids is 3. The fourth-order valence-corrected chi connectivity index (χ4v) is 8.53. The SMILES string of the molecule is CNCCN(C)C(=O)Nc1nn[nH]n1.CNCCN(C)C1=NS(=O)ON1.CNCCN(C)C1NC(=O)NC1=O.CNCCN(C)c1c(O)c(=O)c1=O.CNCCN(C)c1n[nH]c(=O)[nH]1.CNCCN(C)c1n[nH]c(C)n1.CNCCN(C)c1nc(=S)[nH][nH]1.CNCCN(C)c1nc(=S)o[nH]1.CNCCN(C)c1ncno1. The molecule has 6 aromatic heterocycles. The molecule has 0 saturated carbocycles. The zero-order valence-corrected chi connectivity index (χ0v) is 69.0. The molecule has 628 valence electrons. The number of tetrazole rings is 1. The first-order chi connectivity index (χ1) is 53.0. The zero-order chi connectivity index (χ0) is 83.2. The number of hydrogen-bond acceptors (Lipinski definition) is 41. The largest absolute Gasteiger partial charge is 0.502 e. The summed E-state index contributed by atoms with van der Waals surface area (Å²) in [6.07, 6.45) is 0.867. The lowest BCUT2D eigenvalue weighted by atomic mass is 10.2. The Labute approximate surface area is 655 Å². The van der Waals surface area contributed by atoms with Crippen molar-refractivity contribution in [1.82, 2.24) is 165 Å². The van der Waals surface area contributed by atoms with Gasteiger partial charge in [-0.15, -0.1) is 19.7 Å². The molecule has 1 aromatic carbocycles. The number of aromatic nitrogens is 17. The molecule has 0 bridgehead atoms. The summed E-state index contributed by atoms with van der Waals surface area (Å²) >= 11 is 7.97. The summed E-state index contributed by atoms with van der Waals surface area (Å²) in [5, 5.41) is 80.6. The molecule has 111 heavy (non-hydrogen) atoms. The number of likely N-dealkylation sites (N-methyl/N-ethyl adjacent to an activating group) is 18. The van der Waals surface area contributed by atoms with Crippen LogP contribution in [0.2, 0.25) is 0 Å². The van der Waals surface area contributed by atoms with Crippen molar-refractivity contribution < 1.29 is 37.0 Å². The van der Waals surface area contributed by atoms with Gasteiger partial charge in [0.1, 0.15) is 11.5 Å². The third kappa shape index (κ3) is 40.9. The third-order valence-corrected chi connectivity index (χ3v) is 15.4. The number of nitrogens with zero attached hydrogens (tertiary/aromatic N) is 20. The second kappa shape index (κ2) is 57.9. The van der Waals surface area contributed by atoms with Crippen molar-refractivity contribution in [1.29, 1.82) is 0 Å². The van der Waals surface area contributed by atoms with Crippen molar-refractivity contribution in [2.75, 3.05) is 279 Å². The van der Waals surface area contributed by atoms with Gasteiger partial charge in [-0.05, 0) is 107 Å². The van der Waals surface area contributed by atoms with E-state index >= 15 is 0 Å². The number of aromatic hydroxyl groups is 1. The lowest BCUT2D eigenvalue weighted by Crippen LogP contribution is -2.46. The van der Waals surface area contributed by atoms with E-state index in [4.69, 9.17) is 38.6 Å². The highest BCUT2D eigenvalue weighted by Gasteiger charge is 2.32. The standard InChI is InChI=1S/C8H12N2O3.C7H15N5.C7H14N4O2.C6H13N7O.C6H13N5O.C6H13N5S.C6H12N4OS.C6H12N4O.C5H12N4O2S/c1-9-3-4-10(2)5-6(11)8(13)7(5)12;1-6-9-7(11-10-6)12(3)5-4-8-2;1-8-3-4-11(2)5-6(12)10-7(13)9-5;1-7-3-4-13(2)6(14)8-5-9-11-12-10-5;2*1-7-3-4-11(2)5-8-6(12)10-9-5;1-7-3-4-10(2)5-8-6(12)11-9-5;1-7-3-4-10(2)6-8-5-9-11-6;1-6-3-4-9(2)5-7-11-12(10)8-5/h9,11H,3-4H2,1-2H3;8H,4-5H2,1-3H3,(H,9,10,11);5,8H,3-4H2,1-2H3,(H2,9,10,12,13);7H,3-4H2,1-2H3,(H2,8,9,10,11,12,14);2*7H,3-4H2,1-2H3,(H2,8,9,10,12);7H,3-4H2,1-2H3,(H,8,9,12);5,7H,3-4H2,1-2H3;6H,3-4H2,1-2H3,(H,7,8). The number of carbonyl (C=O) groups is 3. The van der Waals surface area contributed by atoms with E-state index in [-0.39, 0.29) is 34.1 Å². The quantitative estimate of drug-likeness (QED) is 0.00997. The molecule has 2 aliphatic rings. The molecule has 8 heterocycles. The fourth-order valence-electron chi connectivity index (χ4n) is 7.76. The Kier molecular flexibility index (Phi) is 51.6. The van der Waals surface area contributed by atoms with E-state index in [1.54, 1.807) is 38.0 Å². The number of nitrogens with one attached hydrogen (secondary N) is 20. The van der Waals surface area contributed by atoms with Gasteiger partial charge in [0.05, 0.1) is 0 Å². The minimum atomic E-state index is -1.56. The first-order valence-corrected chi connectivity index (χ1v) is 36.2. The summed E-state index contributed by atoms with van der Waals surface area (Å²) in [4.78, 5) is 101. The molecular formula is C57H116N40O11S3. The van der Waals surface area contributed by atoms with Crippen molar-refractivity contribution in [3.05, 3.63) is 52.7 Å². The van der Waals surface area contributed by atoms with E-state index in [0.717, 1.165) is 109 Å². The molecule has 51 nitrogen and oxygen atoms in total. The number of hydroxylamine groups is 1. The van der Waals surface area contributed by atoms with Crippen LogP contribution < -0.4 is 115 Å². The molecule has 0 spiro atoms. The second-order valence-corrected chi connectivity index (χ2v) is 24.9. The molecule has 0 aliphatic carbocycles. The van der Waals surface area contributed by atoms with Crippen LogP contribution in [-0.4, -0.2) is 385 Å². The Morgan fingerprint density at radius 2 is 1.12 bits per heavy atom. The first-order valence-electron chi connectivity index (χ1n) is 34.3. The highest BCUT2D eigenvalue weighted by atomic mass is 32.2. The Balaban J connectivity index is 0.000000625.